The van der Waals surface area contributed by atoms with Crippen LogP contribution in [-0.2, 0) is 12.6 Å². The monoisotopic (exact) mass is 319 g/mol. The van der Waals surface area contributed by atoms with Gasteiger partial charge >= 0.3 is 11.9 Å². The molecule has 0 spiro atoms. The maximum atomic E-state index is 12.4. The third-order valence-corrected chi connectivity index (χ3v) is 3.12. The number of aromatic amines is 1. The second-order valence-corrected chi connectivity index (χ2v) is 4.49. The van der Waals surface area contributed by atoms with Crippen molar-refractivity contribution in [3.05, 3.63) is 55.6 Å². The van der Waals surface area contributed by atoms with Crippen molar-refractivity contribution in [2.75, 3.05) is 0 Å². The minimum absolute atomic E-state index is 0.0689. The van der Waals surface area contributed by atoms with E-state index in [4.69, 9.17) is 11.6 Å². The summed E-state index contributed by atoms with van der Waals surface area (Å²) < 4.78 is 38.0. The Balaban J connectivity index is 2.63. The van der Waals surface area contributed by atoms with Gasteiger partial charge in [0.1, 0.15) is 10.8 Å². The molecule has 9 heteroatoms. The fourth-order valence-corrected chi connectivity index (χ4v) is 2.07. The number of rotatable bonds is 2. The van der Waals surface area contributed by atoms with Crippen LogP contribution in [0.5, 0.6) is 0 Å². The molecular formula is C12H9ClF3N3O2. The summed E-state index contributed by atoms with van der Waals surface area (Å²) in [6, 6.07) is 1.70. The lowest BCUT2D eigenvalue weighted by Crippen LogP contribution is -2.36. The van der Waals surface area contributed by atoms with Gasteiger partial charge < -0.3 is 0 Å². The molecule has 0 amide bonds. The predicted octanol–water partition coefficient (Wildman–Crippen LogP) is 2.16. The molecule has 0 aliphatic rings. The molecule has 2 aromatic rings. The molecule has 2 aromatic heterocycles. The van der Waals surface area contributed by atoms with Crippen LogP contribution in [0.1, 0.15) is 18.2 Å². The van der Waals surface area contributed by atoms with Crippen LogP contribution in [0.25, 0.3) is 5.69 Å². The number of hydrogen-bond donors (Lipinski definition) is 1. The van der Waals surface area contributed by atoms with Gasteiger partial charge in [0.15, 0.2) is 0 Å². The van der Waals surface area contributed by atoms with Gasteiger partial charge in [0.25, 0.3) is 5.56 Å². The topological polar surface area (TPSA) is 67.8 Å². The predicted molar refractivity (Wildman–Crippen MR) is 69.8 cm³/mol. The SMILES string of the molecule is CCc1c(Cl)[nH]c(=O)n(-c2ccc(C(F)(F)F)nc2)c1=O. The second kappa shape index (κ2) is 5.36. The van der Waals surface area contributed by atoms with Crippen molar-refractivity contribution >= 4 is 11.6 Å². The largest absolute Gasteiger partial charge is 0.433 e. The zero-order valence-corrected chi connectivity index (χ0v) is 11.4. The van der Waals surface area contributed by atoms with E-state index in [0.717, 1.165) is 12.3 Å². The Labute approximate surface area is 121 Å². The first-order valence-corrected chi connectivity index (χ1v) is 6.20. The van der Waals surface area contributed by atoms with Gasteiger partial charge in [0, 0.05) is 0 Å². The first-order chi connectivity index (χ1) is 9.75. The molecule has 112 valence electrons. The molecule has 0 saturated carbocycles. The number of nitrogens with one attached hydrogen (secondary N) is 1. The summed E-state index contributed by atoms with van der Waals surface area (Å²) in [5, 5.41) is -0.0800. The van der Waals surface area contributed by atoms with Crippen LogP contribution in [0, 0.1) is 0 Å². The van der Waals surface area contributed by atoms with E-state index >= 15 is 0 Å². The van der Waals surface area contributed by atoms with Crippen LogP contribution >= 0.6 is 11.6 Å². The Morgan fingerprint density at radius 2 is 2.00 bits per heavy atom. The standard InChI is InChI=1S/C12H9ClF3N3O2/c1-2-7-9(13)18-11(21)19(10(7)20)6-3-4-8(17-5-6)12(14,15)16/h3-5H,2H2,1H3,(H,18,21). The summed E-state index contributed by atoms with van der Waals surface area (Å²) in [6.07, 6.45) is -3.51. The molecule has 0 bridgehead atoms. The Morgan fingerprint density at radius 1 is 1.33 bits per heavy atom. The van der Waals surface area contributed by atoms with Crippen LogP contribution < -0.4 is 11.2 Å². The van der Waals surface area contributed by atoms with E-state index in [9.17, 15) is 22.8 Å². The molecule has 2 rings (SSSR count). The summed E-state index contributed by atoms with van der Waals surface area (Å²) >= 11 is 5.75. The molecule has 0 aliphatic heterocycles. The highest BCUT2D eigenvalue weighted by atomic mass is 35.5. The second-order valence-electron chi connectivity index (χ2n) is 4.12. The van der Waals surface area contributed by atoms with Crippen molar-refractivity contribution in [1.29, 1.82) is 0 Å². The Kier molecular flexibility index (Phi) is 3.91. The van der Waals surface area contributed by atoms with Crippen LogP contribution in [-0.4, -0.2) is 14.5 Å². The Hall–Kier alpha value is -2.09. The van der Waals surface area contributed by atoms with E-state index in [-0.39, 0.29) is 22.8 Å². The molecule has 0 unspecified atom stereocenters. The quantitative estimate of drug-likeness (QED) is 0.862. The van der Waals surface area contributed by atoms with Gasteiger partial charge in [-0.3, -0.25) is 9.78 Å². The summed E-state index contributed by atoms with van der Waals surface area (Å²) in [5.41, 5.74) is -2.55. The van der Waals surface area contributed by atoms with Gasteiger partial charge in [-0.25, -0.2) is 14.3 Å². The van der Waals surface area contributed by atoms with Crippen molar-refractivity contribution in [2.24, 2.45) is 0 Å². The van der Waals surface area contributed by atoms with Crippen molar-refractivity contribution in [3.8, 4) is 5.69 Å². The number of hydrogen-bond acceptors (Lipinski definition) is 3. The number of H-pyrrole nitrogens is 1. The van der Waals surface area contributed by atoms with E-state index in [1.165, 1.54) is 0 Å². The van der Waals surface area contributed by atoms with Crippen molar-refractivity contribution in [3.63, 3.8) is 0 Å². The molecule has 21 heavy (non-hydrogen) atoms. The highest BCUT2D eigenvalue weighted by molar-refractivity contribution is 6.30. The lowest BCUT2D eigenvalue weighted by atomic mass is 10.2. The van der Waals surface area contributed by atoms with E-state index in [1.807, 2.05) is 0 Å². The van der Waals surface area contributed by atoms with E-state index in [2.05, 4.69) is 9.97 Å². The van der Waals surface area contributed by atoms with Crippen molar-refractivity contribution in [2.45, 2.75) is 19.5 Å². The van der Waals surface area contributed by atoms with Crippen LogP contribution in [0.2, 0.25) is 5.15 Å². The maximum absolute atomic E-state index is 12.4. The Bertz CT molecular complexity index is 778. The minimum atomic E-state index is -4.59. The molecule has 0 saturated heterocycles. The van der Waals surface area contributed by atoms with Gasteiger partial charge in [-0.05, 0) is 18.6 Å². The van der Waals surface area contributed by atoms with Gasteiger partial charge in [0.2, 0.25) is 0 Å². The average molecular weight is 320 g/mol. The molecule has 5 nitrogen and oxygen atoms in total. The summed E-state index contributed by atoms with van der Waals surface area (Å²) in [4.78, 5) is 29.4. The van der Waals surface area contributed by atoms with Crippen LogP contribution in [0.4, 0.5) is 13.2 Å². The maximum Gasteiger partial charge on any atom is 0.433 e. The van der Waals surface area contributed by atoms with Crippen molar-refractivity contribution < 1.29 is 13.2 Å². The smallest absolute Gasteiger partial charge is 0.297 e. The molecule has 2 heterocycles. The normalized spacial score (nSPS) is 11.7. The molecule has 0 aromatic carbocycles. The fraction of sp³-hybridized carbons (Fsp3) is 0.250. The number of pyridine rings is 1. The summed E-state index contributed by atoms with van der Waals surface area (Å²) in [7, 11) is 0. The summed E-state index contributed by atoms with van der Waals surface area (Å²) in [6.45, 7) is 1.66. The lowest BCUT2D eigenvalue weighted by Gasteiger charge is -2.09. The zero-order valence-electron chi connectivity index (χ0n) is 10.7. The Morgan fingerprint density at radius 3 is 2.48 bits per heavy atom. The van der Waals surface area contributed by atoms with E-state index in [1.54, 1.807) is 6.92 Å². The number of halogens is 4. The van der Waals surface area contributed by atoms with Gasteiger partial charge in [0.05, 0.1) is 17.4 Å². The molecule has 0 aliphatic carbocycles. The van der Waals surface area contributed by atoms with Gasteiger partial charge in [-0.15, -0.1) is 0 Å². The number of aromatic nitrogens is 3. The molecule has 0 radical (unpaired) electrons. The highest BCUT2D eigenvalue weighted by Crippen LogP contribution is 2.27. The molecule has 1 N–H and O–H groups in total. The zero-order chi connectivity index (χ0) is 15.8. The van der Waals surface area contributed by atoms with E-state index in [0.29, 0.717) is 10.6 Å². The molecule has 0 fully saturated rings. The van der Waals surface area contributed by atoms with Gasteiger partial charge in [-0.2, -0.15) is 13.2 Å². The number of nitrogens with zero attached hydrogens (tertiary/aromatic N) is 2. The molecule has 0 atom stereocenters. The third kappa shape index (κ3) is 2.85. The van der Waals surface area contributed by atoms with Gasteiger partial charge in [-0.1, -0.05) is 18.5 Å². The first-order valence-electron chi connectivity index (χ1n) is 5.83. The third-order valence-electron chi connectivity index (χ3n) is 2.80. The van der Waals surface area contributed by atoms with Crippen LogP contribution in [0.15, 0.2) is 27.9 Å². The highest BCUT2D eigenvalue weighted by Gasteiger charge is 2.32. The average Bonchev–Trinajstić information content (AvgIpc) is 2.38. The van der Waals surface area contributed by atoms with Crippen LogP contribution in [0.3, 0.4) is 0 Å². The minimum Gasteiger partial charge on any atom is -0.297 e. The van der Waals surface area contributed by atoms with Crippen molar-refractivity contribution in [1.82, 2.24) is 14.5 Å². The molecular weight excluding hydrogens is 311 g/mol. The van der Waals surface area contributed by atoms with E-state index < -0.39 is 23.1 Å². The lowest BCUT2D eigenvalue weighted by molar-refractivity contribution is -0.141. The first kappa shape index (κ1) is 15.3. The number of alkyl halides is 3. The summed E-state index contributed by atoms with van der Waals surface area (Å²) in [5.74, 6) is 0. The fourth-order valence-electron chi connectivity index (χ4n) is 1.77.